The molecule has 0 aliphatic carbocycles. The first-order valence-corrected chi connectivity index (χ1v) is 4.82. The van der Waals surface area contributed by atoms with Gasteiger partial charge in [-0.05, 0) is 31.2 Å². The predicted molar refractivity (Wildman–Crippen MR) is 61.9 cm³/mol. The highest BCUT2D eigenvalue weighted by molar-refractivity contribution is 6.02. The number of aliphatic carboxylic acids is 1. The Bertz CT molecular complexity index is 474. The van der Waals surface area contributed by atoms with Crippen LogP contribution in [0.25, 0.3) is 0 Å². The van der Waals surface area contributed by atoms with Gasteiger partial charge in [-0.25, -0.2) is 4.79 Å². The van der Waals surface area contributed by atoms with Crippen LogP contribution in [0.3, 0.4) is 0 Å². The molecule has 0 heterocycles. The van der Waals surface area contributed by atoms with Crippen molar-refractivity contribution in [1.82, 2.24) is 0 Å². The van der Waals surface area contributed by atoms with E-state index in [1.165, 1.54) is 6.92 Å². The van der Waals surface area contributed by atoms with Gasteiger partial charge >= 0.3 is 5.97 Å². The van der Waals surface area contributed by atoms with E-state index in [-0.39, 0.29) is 5.78 Å². The highest BCUT2D eigenvalue weighted by Crippen LogP contribution is 2.09. The zero-order valence-corrected chi connectivity index (χ0v) is 9.14. The van der Waals surface area contributed by atoms with Crippen molar-refractivity contribution in [3.8, 4) is 0 Å². The van der Waals surface area contributed by atoms with Crippen LogP contribution >= 0.6 is 0 Å². The van der Waals surface area contributed by atoms with E-state index in [2.05, 4.69) is 5.32 Å². The molecule has 1 amide bonds. The number of carboxylic acid groups (broad SMARTS) is 1. The van der Waals surface area contributed by atoms with Crippen molar-refractivity contribution in [2.45, 2.75) is 6.92 Å². The number of rotatable bonds is 4. The first kappa shape index (κ1) is 12.6. The number of Topliss-reactive ketones (excluding diaryl/α,β-unsaturated/α-hetero) is 1. The van der Waals surface area contributed by atoms with Crippen LogP contribution in [0.2, 0.25) is 0 Å². The Morgan fingerprint density at radius 1 is 1.12 bits per heavy atom. The van der Waals surface area contributed by atoms with Crippen LogP contribution in [0.4, 0.5) is 5.69 Å². The van der Waals surface area contributed by atoms with Crippen LogP contribution < -0.4 is 5.32 Å². The van der Waals surface area contributed by atoms with Crippen LogP contribution in [0, 0.1) is 0 Å². The van der Waals surface area contributed by atoms with Gasteiger partial charge in [-0.2, -0.15) is 0 Å². The van der Waals surface area contributed by atoms with E-state index < -0.39 is 11.9 Å². The molecule has 0 bridgehead atoms. The van der Waals surface area contributed by atoms with E-state index in [0.29, 0.717) is 11.3 Å². The molecule has 1 aromatic rings. The van der Waals surface area contributed by atoms with E-state index in [1.807, 2.05) is 0 Å². The molecule has 0 fully saturated rings. The van der Waals surface area contributed by atoms with Gasteiger partial charge in [0.1, 0.15) is 0 Å². The summed E-state index contributed by atoms with van der Waals surface area (Å²) in [5, 5.41) is 10.8. The third-order valence-electron chi connectivity index (χ3n) is 1.94. The molecule has 0 spiro atoms. The van der Waals surface area contributed by atoms with E-state index in [9.17, 15) is 14.4 Å². The highest BCUT2D eigenvalue weighted by atomic mass is 16.4. The van der Waals surface area contributed by atoms with Gasteiger partial charge in [-0.15, -0.1) is 0 Å². The Labute approximate surface area is 97.8 Å². The van der Waals surface area contributed by atoms with Gasteiger partial charge in [0.05, 0.1) is 0 Å². The van der Waals surface area contributed by atoms with Crippen molar-refractivity contribution >= 4 is 23.3 Å². The summed E-state index contributed by atoms with van der Waals surface area (Å²) >= 11 is 0. The van der Waals surface area contributed by atoms with E-state index >= 15 is 0 Å². The molecular formula is C12H11NO4. The van der Waals surface area contributed by atoms with Crippen molar-refractivity contribution in [3.05, 3.63) is 42.0 Å². The minimum absolute atomic E-state index is 0.0614. The Morgan fingerprint density at radius 2 is 1.71 bits per heavy atom. The number of hydrogen-bond acceptors (Lipinski definition) is 3. The lowest BCUT2D eigenvalue weighted by atomic mass is 10.1. The Balaban J connectivity index is 2.66. The molecule has 0 aliphatic heterocycles. The molecule has 88 valence electrons. The molecule has 0 atom stereocenters. The molecule has 0 saturated carbocycles. The zero-order chi connectivity index (χ0) is 12.8. The summed E-state index contributed by atoms with van der Waals surface area (Å²) < 4.78 is 0. The fourth-order valence-electron chi connectivity index (χ4n) is 1.12. The minimum Gasteiger partial charge on any atom is -0.478 e. The molecule has 0 radical (unpaired) electrons. The lowest BCUT2D eigenvalue weighted by molar-refractivity contribution is -0.131. The number of ketones is 1. The molecular weight excluding hydrogens is 222 g/mol. The molecule has 0 unspecified atom stereocenters. The number of benzene rings is 1. The molecule has 0 aromatic heterocycles. The molecule has 5 nitrogen and oxygen atoms in total. The summed E-state index contributed by atoms with van der Waals surface area (Å²) in [7, 11) is 0. The summed E-state index contributed by atoms with van der Waals surface area (Å²) in [5.74, 6) is -1.79. The Hall–Kier alpha value is -2.43. The number of carbonyl (C=O) groups excluding carboxylic acids is 2. The SMILES string of the molecule is CC(=O)c1ccc(NC(=O)/C=C\C(=O)O)cc1. The Kier molecular flexibility index (Phi) is 4.16. The van der Waals surface area contributed by atoms with Crippen molar-refractivity contribution in [2.75, 3.05) is 5.32 Å². The number of hydrogen-bond donors (Lipinski definition) is 2. The van der Waals surface area contributed by atoms with Gasteiger partial charge in [0.2, 0.25) is 5.91 Å². The lowest BCUT2D eigenvalue weighted by Crippen LogP contribution is -2.08. The summed E-state index contributed by atoms with van der Waals surface area (Å²) in [6, 6.07) is 6.31. The summed E-state index contributed by atoms with van der Waals surface area (Å²) in [6.07, 6.45) is 1.67. The standard InChI is InChI=1S/C12H11NO4/c1-8(14)9-2-4-10(5-3-9)13-11(15)6-7-12(16)17/h2-7H,1H3,(H,13,15)(H,16,17)/b7-6-. The van der Waals surface area contributed by atoms with Crippen molar-refractivity contribution < 1.29 is 19.5 Å². The van der Waals surface area contributed by atoms with Crippen LogP contribution in [0.1, 0.15) is 17.3 Å². The molecule has 2 N–H and O–H groups in total. The van der Waals surface area contributed by atoms with Gasteiger partial charge < -0.3 is 10.4 Å². The minimum atomic E-state index is -1.19. The van der Waals surface area contributed by atoms with Gasteiger partial charge in [-0.1, -0.05) is 0 Å². The van der Waals surface area contributed by atoms with Crippen molar-refractivity contribution in [1.29, 1.82) is 0 Å². The van der Waals surface area contributed by atoms with Crippen molar-refractivity contribution in [2.24, 2.45) is 0 Å². The van der Waals surface area contributed by atoms with Gasteiger partial charge in [0.15, 0.2) is 5.78 Å². The third kappa shape index (κ3) is 4.29. The maximum absolute atomic E-state index is 11.2. The van der Waals surface area contributed by atoms with Gasteiger partial charge in [-0.3, -0.25) is 9.59 Å². The number of anilines is 1. The van der Waals surface area contributed by atoms with Crippen LogP contribution in [-0.4, -0.2) is 22.8 Å². The predicted octanol–water partition coefficient (Wildman–Crippen LogP) is 1.47. The van der Waals surface area contributed by atoms with E-state index in [0.717, 1.165) is 12.2 Å². The first-order chi connectivity index (χ1) is 7.99. The fourth-order valence-corrected chi connectivity index (χ4v) is 1.12. The topological polar surface area (TPSA) is 83.5 Å². The monoisotopic (exact) mass is 233 g/mol. The van der Waals surface area contributed by atoms with Gasteiger partial charge in [0.25, 0.3) is 0 Å². The second-order valence-corrected chi connectivity index (χ2v) is 3.29. The average Bonchev–Trinajstić information content (AvgIpc) is 2.27. The average molecular weight is 233 g/mol. The number of amides is 1. The maximum atomic E-state index is 11.2. The zero-order valence-electron chi connectivity index (χ0n) is 9.14. The smallest absolute Gasteiger partial charge is 0.328 e. The largest absolute Gasteiger partial charge is 0.478 e. The van der Waals surface area contributed by atoms with Gasteiger partial charge in [0, 0.05) is 23.4 Å². The first-order valence-electron chi connectivity index (χ1n) is 4.82. The highest BCUT2D eigenvalue weighted by Gasteiger charge is 2.01. The third-order valence-corrected chi connectivity index (χ3v) is 1.94. The Morgan fingerprint density at radius 3 is 2.18 bits per heavy atom. The normalized spacial score (nSPS) is 10.2. The second-order valence-electron chi connectivity index (χ2n) is 3.29. The molecule has 1 aromatic carbocycles. The lowest BCUT2D eigenvalue weighted by Gasteiger charge is -2.02. The quantitative estimate of drug-likeness (QED) is 0.609. The number of nitrogens with one attached hydrogen (secondary N) is 1. The number of carbonyl (C=O) groups is 3. The second kappa shape index (κ2) is 5.60. The number of carboxylic acids is 1. The maximum Gasteiger partial charge on any atom is 0.328 e. The summed E-state index contributed by atoms with van der Waals surface area (Å²) in [4.78, 5) is 32.4. The van der Waals surface area contributed by atoms with Crippen LogP contribution in [-0.2, 0) is 9.59 Å². The van der Waals surface area contributed by atoms with Crippen molar-refractivity contribution in [3.63, 3.8) is 0 Å². The van der Waals surface area contributed by atoms with E-state index in [4.69, 9.17) is 5.11 Å². The molecule has 0 aliphatic rings. The molecule has 0 saturated heterocycles. The fraction of sp³-hybridized carbons (Fsp3) is 0.0833. The summed E-state index contributed by atoms with van der Waals surface area (Å²) in [6.45, 7) is 1.45. The van der Waals surface area contributed by atoms with Crippen LogP contribution in [0.5, 0.6) is 0 Å². The molecule has 5 heteroatoms. The summed E-state index contributed by atoms with van der Waals surface area (Å²) in [5.41, 5.74) is 1.04. The molecule has 17 heavy (non-hydrogen) atoms. The van der Waals surface area contributed by atoms with E-state index in [1.54, 1.807) is 24.3 Å². The van der Waals surface area contributed by atoms with Crippen LogP contribution in [0.15, 0.2) is 36.4 Å². The molecule has 1 rings (SSSR count).